The molecule has 0 radical (unpaired) electrons. The van der Waals surface area contributed by atoms with Gasteiger partial charge >= 0.3 is 0 Å². The number of aromatic nitrogens is 3. The first-order chi connectivity index (χ1) is 12.7. The summed E-state index contributed by atoms with van der Waals surface area (Å²) in [5.74, 6) is 4.64. The molecular weight excluding hydrogens is 348 g/mol. The predicted molar refractivity (Wildman–Crippen MR) is 99.1 cm³/mol. The van der Waals surface area contributed by atoms with Crippen LogP contribution in [0, 0.1) is 28.4 Å². The zero-order valence-electron chi connectivity index (χ0n) is 14.6. The molecule has 1 heterocycles. The maximum atomic E-state index is 12.6. The third-order valence-electron chi connectivity index (χ3n) is 6.47. The second-order valence-corrected chi connectivity index (χ2v) is 8.13. The molecule has 6 nitrogen and oxygen atoms in total. The number of rotatable bonds is 5. The smallest absolute Gasteiger partial charge is 0.240 e. The van der Waals surface area contributed by atoms with Crippen molar-refractivity contribution in [2.24, 2.45) is 23.7 Å². The Hall–Kier alpha value is -2.15. The van der Waals surface area contributed by atoms with Crippen LogP contribution in [-0.4, -0.2) is 33.8 Å². The van der Waals surface area contributed by atoms with Crippen molar-refractivity contribution >= 4 is 18.1 Å². The van der Waals surface area contributed by atoms with Gasteiger partial charge in [0.25, 0.3) is 0 Å². The largest absolute Gasteiger partial charge is 0.497 e. The average Bonchev–Trinajstić information content (AvgIpc) is 2.98. The molecule has 26 heavy (non-hydrogen) atoms. The summed E-state index contributed by atoms with van der Waals surface area (Å²) in [5, 5.41) is 10.4. The second-order valence-electron chi connectivity index (χ2n) is 7.75. The Morgan fingerprint density at radius 3 is 2.65 bits per heavy atom. The Labute approximate surface area is 156 Å². The van der Waals surface area contributed by atoms with E-state index in [0.29, 0.717) is 16.6 Å². The maximum absolute atomic E-state index is 12.6. The molecule has 136 valence electrons. The molecule has 0 saturated heterocycles. The van der Waals surface area contributed by atoms with Crippen LogP contribution >= 0.6 is 12.2 Å². The molecule has 5 rings (SSSR count). The normalized spacial score (nSPS) is 30.9. The highest BCUT2D eigenvalue weighted by Gasteiger charge is 2.65. The molecule has 1 aromatic heterocycles. The van der Waals surface area contributed by atoms with Gasteiger partial charge < -0.3 is 10.1 Å². The van der Waals surface area contributed by atoms with Crippen LogP contribution in [0.2, 0.25) is 0 Å². The van der Waals surface area contributed by atoms with E-state index in [1.54, 1.807) is 11.7 Å². The van der Waals surface area contributed by atoms with Gasteiger partial charge in [-0.05, 0) is 79.4 Å². The van der Waals surface area contributed by atoms with E-state index in [-0.39, 0.29) is 12.5 Å². The molecular formula is C19H22N4O2S. The highest BCUT2D eigenvalue weighted by molar-refractivity contribution is 7.71. The molecule has 2 bridgehead atoms. The highest BCUT2D eigenvalue weighted by atomic mass is 32.1. The van der Waals surface area contributed by atoms with E-state index in [0.717, 1.165) is 35.0 Å². The van der Waals surface area contributed by atoms with E-state index in [1.807, 2.05) is 24.3 Å². The number of fused-ring (bicyclic) bond motifs is 5. The van der Waals surface area contributed by atoms with E-state index in [4.69, 9.17) is 17.0 Å². The molecule has 1 amide bonds. The number of carbonyl (C=O) groups excluding carboxylic acids is 1. The Morgan fingerprint density at radius 2 is 2.00 bits per heavy atom. The van der Waals surface area contributed by atoms with Crippen molar-refractivity contribution in [1.29, 1.82) is 0 Å². The fourth-order valence-corrected chi connectivity index (χ4v) is 5.52. The first-order valence-electron chi connectivity index (χ1n) is 9.24. The van der Waals surface area contributed by atoms with Crippen molar-refractivity contribution in [2.75, 3.05) is 7.11 Å². The molecule has 2 N–H and O–H groups in total. The number of hydrogen-bond donors (Lipinski definition) is 2. The summed E-state index contributed by atoms with van der Waals surface area (Å²) in [6, 6.07) is 7.97. The topological polar surface area (TPSA) is 71.9 Å². The summed E-state index contributed by atoms with van der Waals surface area (Å²) < 4.78 is 7.42. The van der Waals surface area contributed by atoms with E-state index in [1.165, 1.54) is 19.3 Å². The van der Waals surface area contributed by atoms with Gasteiger partial charge in [-0.2, -0.15) is 5.10 Å². The Kier molecular flexibility index (Phi) is 3.67. The highest BCUT2D eigenvalue weighted by Crippen LogP contribution is 2.65. The number of nitrogens with one attached hydrogen (secondary N) is 2. The van der Waals surface area contributed by atoms with Crippen molar-refractivity contribution in [3.8, 4) is 17.1 Å². The first-order valence-corrected chi connectivity index (χ1v) is 9.65. The Balaban J connectivity index is 1.30. The fourth-order valence-electron chi connectivity index (χ4n) is 5.32. The summed E-state index contributed by atoms with van der Waals surface area (Å²) in [5.41, 5.74) is 0.896. The number of ether oxygens (including phenoxy) is 1. The standard InChI is InChI=1S/C19H22N4O2S/c1-25-13-6-4-10(5-7-13)18-21-22-19(26)23(18)9-14(24)20-17-15-11-2-3-12(8-11)16(15)17/h4-7,11-12,15-17H,2-3,8-9H2,1H3,(H,20,24)(H,22,26)/t11-,12-,15+,16+/m0/s1. The molecule has 3 saturated carbocycles. The number of hydrogen-bond acceptors (Lipinski definition) is 4. The number of benzene rings is 1. The SMILES string of the molecule is COc1ccc(-c2n[nH]c(=S)n2CC(=O)NC2[C@@H]3[C@H]4CC[C@@H](C4)[C@@H]23)cc1. The van der Waals surface area contributed by atoms with E-state index in [9.17, 15) is 4.79 Å². The third-order valence-corrected chi connectivity index (χ3v) is 6.78. The zero-order valence-corrected chi connectivity index (χ0v) is 15.5. The fraction of sp³-hybridized carbons (Fsp3) is 0.526. The quantitative estimate of drug-likeness (QED) is 0.794. The third kappa shape index (κ3) is 2.48. The Bertz CT molecular complexity index is 887. The summed E-state index contributed by atoms with van der Waals surface area (Å²) in [4.78, 5) is 12.6. The van der Waals surface area contributed by atoms with Gasteiger partial charge in [-0.15, -0.1) is 0 Å². The van der Waals surface area contributed by atoms with E-state index < -0.39 is 0 Å². The lowest BCUT2D eigenvalue weighted by atomic mass is 10.0. The van der Waals surface area contributed by atoms with E-state index >= 15 is 0 Å². The van der Waals surface area contributed by atoms with Gasteiger partial charge in [-0.1, -0.05) is 0 Å². The molecule has 0 spiro atoms. The number of aromatic amines is 1. The Morgan fingerprint density at radius 1 is 1.31 bits per heavy atom. The number of nitrogens with zero attached hydrogens (tertiary/aromatic N) is 2. The minimum Gasteiger partial charge on any atom is -0.497 e. The monoisotopic (exact) mass is 370 g/mol. The van der Waals surface area contributed by atoms with Crippen molar-refractivity contribution in [3.63, 3.8) is 0 Å². The van der Waals surface area contributed by atoms with Crippen molar-refractivity contribution in [3.05, 3.63) is 29.0 Å². The maximum Gasteiger partial charge on any atom is 0.240 e. The molecule has 1 aromatic carbocycles. The van der Waals surface area contributed by atoms with Crippen LogP contribution in [0.1, 0.15) is 19.3 Å². The molecule has 3 fully saturated rings. The minimum atomic E-state index is 0.0241. The van der Waals surface area contributed by atoms with Crippen LogP contribution in [0.3, 0.4) is 0 Å². The molecule has 0 unspecified atom stereocenters. The van der Waals surface area contributed by atoms with Crippen LogP contribution in [0.4, 0.5) is 0 Å². The van der Waals surface area contributed by atoms with Gasteiger partial charge in [0, 0.05) is 11.6 Å². The lowest BCUT2D eigenvalue weighted by molar-refractivity contribution is -0.122. The van der Waals surface area contributed by atoms with Gasteiger partial charge in [0.15, 0.2) is 10.6 Å². The van der Waals surface area contributed by atoms with Crippen LogP contribution in [0.5, 0.6) is 5.75 Å². The number of H-pyrrole nitrogens is 1. The van der Waals surface area contributed by atoms with Crippen molar-refractivity contribution < 1.29 is 9.53 Å². The zero-order chi connectivity index (χ0) is 17.8. The van der Waals surface area contributed by atoms with Gasteiger partial charge in [0.05, 0.1) is 7.11 Å². The number of amides is 1. The minimum absolute atomic E-state index is 0.0241. The van der Waals surface area contributed by atoms with E-state index in [2.05, 4.69) is 15.5 Å². The van der Waals surface area contributed by atoms with Crippen LogP contribution in [0.15, 0.2) is 24.3 Å². The van der Waals surface area contributed by atoms with Gasteiger partial charge in [0.2, 0.25) is 5.91 Å². The van der Waals surface area contributed by atoms with Gasteiger partial charge in [-0.25, -0.2) is 0 Å². The lowest BCUT2D eigenvalue weighted by Crippen LogP contribution is -2.33. The number of carbonyl (C=O) groups is 1. The first kappa shape index (κ1) is 16.1. The van der Waals surface area contributed by atoms with Crippen molar-refractivity contribution in [2.45, 2.75) is 31.8 Å². The summed E-state index contributed by atoms with van der Waals surface area (Å²) in [6.45, 7) is 0.196. The molecule has 3 aliphatic carbocycles. The lowest BCUT2D eigenvalue weighted by Gasteiger charge is -2.12. The van der Waals surface area contributed by atoms with Crippen LogP contribution in [0.25, 0.3) is 11.4 Å². The predicted octanol–water partition coefficient (Wildman–Crippen LogP) is 2.78. The van der Waals surface area contributed by atoms with Gasteiger partial charge in [0.1, 0.15) is 12.3 Å². The summed E-state index contributed by atoms with van der Waals surface area (Å²) in [7, 11) is 1.63. The average molecular weight is 370 g/mol. The van der Waals surface area contributed by atoms with Crippen LogP contribution < -0.4 is 10.1 Å². The number of methoxy groups -OCH3 is 1. The van der Waals surface area contributed by atoms with Crippen molar-refractivity contribution in [1.82, 2.24) is 20.1 Å². The molecule has 4 atom stereocenters. The van der Waals surface area contributed by atoms with Gasteiger partial charge in [-0.3, -0.25) is 14.5 Å². The summed E-state index contributed by atoms with van der Waals surface area (Å²) in [6.07, 6.45) is 4.09. The molecule has 3 aliphatic rings. The molecule has 2 aromatic rings. The molecule has 0 aliphatic heterocycles. The second kappa shape index (κ2) is 5.94. The summed E-state index contributed by atoms with van der Waals surface area (Å²) >= 11 is 5.34. The molecule has 7 heteroatoms. The van der Waals surface area contributed by atoms with Crippen LogP contribution in [-0.2, 0) is 11.3 Å².